The van der Waals surface area contributed by atoms with Crippen molar-refractivity contribution in [3.63, 3.8) is 0 Å². The molecule has 0 bridgehead atoms. The number of amides is 1. The zero-order chi connectivity index (χ0) is 18.5. The summed E-state index contributed by atoms with van der Waals surface area (Å²) in [7, 11) is 0. The van der Waals surface area contributed by atoms with Gasteiger partial charge in [0.25, 0.3) is 5.91 Å². The first-order valence-electron chi connectivity index (χ1n) is 7.80. The summed E-state index contributed by atoms with van der Waals surface area (Å²) >= 11 is 0. The van der Waals surface area contributed by atoms with Gasteiger partial charge in [0.1, 0.15) is 11.5 Å². The number of carbonyl (C=O) groups is 2. The highest BCUT2D eigenvalue weighted by molar-refractivity contribution is 6.04. The normalized spacial score (nSPS) is 10.2. The van der Waals surface area contributed by atoms with Crippen molar-refractivity contribution in [2.75, 3.05) is 10.6 Å². The molecule has 0 saturated carbocycles. The smallest absolute Gasteiger partial charge is 0.274 e. The number of para-hydroxylation sites is 1. The summed E-state index contributed by atoms with van der Waals surface area (Å²) in [6.07, 6.45) is 1.40. The van der Waals surface area contributed by atoms with Crippen LogP contribution in [0.25, 0.3) is 0 Å². The SMILES string of the molecule is CC(=O)c1cccc(NC(=O)c2ccnc(Nc3ccccc3F)n2)c1. The summed E-state index contributed by atoms with van der Waals surface area (Å²) in [5.74, 6) is -0.920. The van der Waals surface area contributed by atoms with E-state index < -0.39 is 11.7 Å². The van der Waals surface area contributed by atoms with Gasteiger partial charge in [-0.15, -0.1) is 0 Å². The summed E-state index contributed by atoms with van der Waals surface area (Å²) in [5, 5.41) is 5.41. The van der Waals surface area contributed by atoms with Gasteiger partial charge in [-0.2, -0.15) is 0 Å². The lowest BCUT2D eigenvalue weighted by Crippen LogP contribution is -2.15. The van der Waals surface area contributed by atoms with Crippen LogP contribution in [0, 0.1) is 5.82 Å². The van der Waals surface area contributed by atoms with Crippen molar-refractivity contribution >= 4 is 29.0 Å². The van der Waals surface area contributed by atoms with Gasteiger partial charge in [0.05, 0.1) is 5.69 Å². The highest BCUT2D eigenvalue weighted by Gasteiger charge is 2.11. The number of aromatic nitrogens is 2. The Morgan fingerprint density at radius 3 is 2.62 bits per heavy atom. The van der Waals surface area contributed by atoms with Crippen LogP contribution in [-0.4, -0.2) is 21.7 Å². The molecule has 3 aromatic rings. The topological polar surface area (TPSA) is 84.0 Å². The van der Waals surface area contributed by atoms with E-state index in [1.54, 1.807) is 42.5 Å². The number of Topliss-reactive ketones (excluding diaryl/α,β-unsaturated/α-hetero) is 1. The molecule has 1 aromatic heterocycles. The number of nitrogens with one attached hydrogen (secondary N) is 2. The van der Waals surface area contributed by atoms with Gasteiger partial charge < -0.3 is 10.6 Å². The molecule has 1 amide bonds. The molecule has 1 heterocycles. The quantitative estimate of drug-likeness (QED) is 0.684. The van der Waals surface area contributed by atoms with Crippen molar-refractivity contribution in [3.8, 4) is 0 Å². The first-order valence-corrected chi connectivity index (χ1v) is 7.80. The average molecular weight is 350 g/mol. The van der Waals surface area contributed by atoms with Crippen molar-refractivity contribution in [2.45, 2.75) is 6.92 Å². The van der Waals surface area contributed by atoms with Gasteiger partial charge in [-0.3, -0.25) is 9.59 Å². The minimum atomic E-state index is -0.468. The fourth-order valence-electron chi connectivity index (χ4n) is 2.24. The van der Waals surface area contributed by atoms with Gasteiger partial charge >= 0.3 is 0 Å². The van der Waals surface area contributed by atoms with Gasteiger partial charge in [0.15, 0.2) is 5.78 Å². The Morgan fingerprint density at radius 1 is 1.04 bits per heavy atom. The molecule has 130 valence electrons. The number of rotatable bonds is 5. The molecular weight excluding hydrogens is 335 g/mol. The molecule has 0 fully saturated rings. The molecule has 0 radical (unpaired) electrons. The zero-order valence-electron chi connectivity index (χ0n) is 13.9. The van der Waals surface area contributed by atoms with Crippen LogP contribution in [0.4, 0.5) is 21.7 Å². The summed E-state index contributed by atoms with van der Waals surface area (Å²) < 4.78 is 13.7. The third-order valence-corrected chi connectivity index (χ3v) is 3.54. The second-order valence-corrected chi connectivity index (χ2v) is 5.46. The molecule has 0 aliphatic heterocycles. The number of anilines is 3. The fraction of sp³-hybridized carbons (Fsp3) is 0.0526. The molecule has 26 heavy (non-hydrogen) atoms. The van der Waals surface area contributed by atoms with Crippen LogP contribution in [0.3, 0.4) is 0 Å². The summed E-state index contributed by atoms with van der Waals surface area (Å²) in [4.78, 5) is 31.9. The van der Waals surface area contributed by atoms with Crippen LogP contribution in [0.5, 0.6) is 0 Å². The first kappa shape index (κ1) is 17.2. The van der Waals surface area contributed by atoms with Crippen LogP contribution in [0.2, 0.25) is 0 Å². The zero-order valence-corrected chi connectivity index (χ0v) is 13.9. The van der Waals surface area contributed by atoms with Crippen molar-refractivity contribution in [3.05, 3.63) is 77.9 Å². The number of hydrogen-bond acceptors (Lipinski definition) is 5. The monoisotopic (exact) mass is 350 g/mol. The third-order valence-electron chi connectivity index (χ3n) is 3.54. The van der Waals surface area contributed by atoms with Gasteiger partial charge in [-0.25, -0.2) is 14.4 Å². The van der Waals surface area contributed by atoms with Crippen molar-refractivity contribution in [1.29, 1.82) is 0 Å². The highest BCUT2D eigenvalue weighted by Crippen LogP contribution is 2.17. The molecule has 0 unspecified atom stereocenters. The number of hydrogen-bond donors (Lipinski definition) is 2. The van der Waals surface area contributed by atoms with Crippen LogP contribution in [0.15, 0.2) is 60.8 Å². The van der Waals surface area contributed by atoms with E-state index in [9.17, 15) is 14.0 Å². The Hall–Kier alpha value is -3.61. The molecular formula is C19H15FN4O2. The maximum absolute atomic E-state index is 13.7. The number of halogens is 1. The summed E-state index contributed by atoms with van der Waals surface area (Å²) in [6.45, 7) is 1.45. The number of ketones is 1. The second kappa shape index (κ2) is 7.52. The molecule has 3 rings (SSSR count). The minimum Gasteiger partial charge on any atom is -0.322 e. The van der Waals surface area contributed by atoms with E-state index in [2.05, 4.69) is 20.6 Å². The predicted molar refractivity (Wildman–Crippen MR) is 96.1 cm³/mol. The lowest BCUT2D eigenvalue weighted by Gasteiger charge is -2.08. The molecule has 0 aliphatic rings. The Labute approximate surface area is 149 Å². The largest absolute Gasteiger partial charge is 0.322 e. The number of benzene rings is 2. The lowest BCUT2D eigenvalue weighted by atomic mass is 10.1. The van der Waals surface area contributed by atoms with Gasteiger partial charge in [-0.05, 0) is 37.3 Å². The highest BCUT2D eigenvalue weighted by atomic mass is 19.1. The predicted octanol–water partition coefficient (Wildman–Crippen LogP) is 3.81. The van der Waals surface area contributed by atoms with Crippen LogP contribution >= 0.6 is 0 Å². The summed E-state index contributed by atoms with van der Waals surface area (Å²) in [5.41, 5.74) is 1.28. The molecule has 6 nitrogen and oxygen atoms in total. The fourth-order valence-corrected chi connectivity index (χ4v) is 2.24. The molecule has 0 spiro atoms. The average Bonchev–Trinajstić information content (AvgIpc) is 2.64. The van der Waals surface area contributed by atoms with E-state index in [-0.39, 0.29) is 23.1 Å². The summed E-state index contributed by atoms with van der Waals surface area (Å²) in [6, 6.07) is 14.1. The molecule has 7 heteroatoms. The van der Waals surface area contributed by atoms with E-state index in [1.165, 1.54) is 25.3 Å². The Balaban J connectivity index is 1.77. The van der Waals surface area contributed by atoms with E-state index in [0.717, 1.165) is 0 Å². The van der Waals surface area contributed by atoms with Crippen molar-refractivity contribution < 1.29 is 14.0 Å². The number of nitrogens with zero attached hydrogens (tertiary/aromatic N) is 2. The van der Waals surface area contributed by atoms with E-state index in [0.29, 0.717) is 11.3 Å². The third kappa shape index (κ3) is 4.07. The van der Waals surface area contributed by atoms with E-state index in [1.807, 2.05) is 0 Å². The van der Waals surface area contributed by atoms with Gasteiger partial charge in [-0.1, -0.05) is 24.3 Å². The molecule has 0 atom stereocenters. The second-order valence-electron chi connectivity index (χ2n) is 5.46. The van der Waals surface area contributed by atoms with Gasteiger partial charge in [0, 0.05) is 17.4 Å². The van der Waals surface area contributed by atoms with Crippen LogP contribution in [0.1, 0.15) is 27.8 Å². The molecule has 2 aromatic carbocycles. The van der Waals surface area contributed by atoms with Crippen LogP contribution < -0.4 is 10.6 Å². The van der Waals surface area contributed by atoms with Gasteiger partial charge in [0.2, 0.25) is 5.95 Å². The van der Waals surface area contributed by atoms with Crippen molar-refractivity contribution in [2.24, 2.45) is 0 Å². The van der Waals surface area contributed by atoms with E-state index in [4.69, 9.17) is 0 Å². The molecule has 2 N–H and O–H groups in total. The van der Waals surface area contributed by atoms with Crippen LogP contribution in [-0.2, 0) is 0 Å². The first-order chi connectivity index (χ1) is 12.5. The number of carbonyl (C=O) groups excluding carboxylic acids is 2. The Morgan fingerprint density at radius 2 is 1.85 bits per heavy atom. The van der Waals surface area contributed by atoms with Crippen molar-refractivity contribution in [1.82, 2.24) is 9.97 Å². The minimum absolute atomic E-state index is 0.0974. The Bertz CT molecular complexity index is 975. The lowest BCUT2D eigenvalue weighted by molar-refractivity contribution is 0.100. The maximum atomic E-state index is 13.7. The van der Waals surface area contributed by atoms with E-state index >= 15 is 0 Å². The standard InChI is InChI=1S/C19H15FN4O2/c1-12(25)13-5-4-6-14(11-13)22-18(26)17-9-10-21-19(24-17)23-16-8-3-2-7-15(16)20/h2-11H,1H3,(H,22,26)(H,21,23,24). The molecule has 0 saturated heterocycles. The molecule has 0 aliphatic carbocycles. The maximum Gasteiger partial charge on any atom is 0.274 e. The Kier molecular flexibility index (Phi) is 4.98.